The monoisotopic (exact) mass is 380 g/mol. The van der Waals surface area contributed by atoms with Gasteiger partial charge in [0.2, 0.25) is 0 Å². The molecule has 0 saturated heterocycles. The van der Waals surface area contributed by atoms with Crippen LogP contribution in [0.2, 0.25) is 5.02 Å². The number of aliphatic imine (C=N–C) groups is 1. The van der Waals surface area contributed by atoms with Crippen molar-refractivity contribution < 1.29 is 14.4 Å². The number of benzene rings is 2. The summed E-state index contributed by atoms with van der Waals surface area (Å²) in [6.45, 7) is 3.39. The minimum absolute atomic E-state index is 0.00742. The van der Waals surface area contributed by atoms with Crippen LogP contribution in [-0.4, -0.2) is 21.8 Å². The molecular weight excluding hydrogens is 364 g/mol. The first kappa shape index (κ1) is 17.5. The Kier molecular flexibility index (Phi) is 4.32. The average molecular weight is 381 g/mol. The second-order valence-corrected chi connectivity index (χ2v) is 7.08. The summed E-state index contributed by atoms with van der Waals surface area (Å²) in [5.41, 5.74) is 4.68. The first-order chi connectivity index (χ1) is 12.9. The maximum absolute atomic E-state index is 11.9. The number of ketones is 1. The molecule has 1 aliphatic rings. The van der Waals surface area contributed by atoms with Gasteiger partial charge in [-0.1, -0.05) is 28.9 Å². The average Bonchev–Trinajstić information content (AvgIpc) is 2.94. The van der Waals surface area contributed by atoms with E-state index in [2.05, 4.69) is 5.16 Å². The van der Waals surface area contributed by atoms with E-state index in [1.165, 1.54) is 6.92 Å². The van der Waals surface area contributed by atoms with E-state index in [4.69, 9.17) is 21.1 Å². The van der Waals surface area contributed by atoms with Gasteiger partial charge in [0, 0.05) is 22.6 Å². The van der Waals surface area contributed by atoms with Crippen molar-refractivity contribution in [3.8, 4) is 16.9 Å². The number of carbonyl (C=O) groups is 1. The number of phenolic OH excluding ortho intramolecular Hbond substituents is 1. The molecule has 1 N–H and O–H groups in total. The standard InChI is InChI=1S/C21H17ClN2O3/c1-11(25)9-18-21-19(12(2)24-27-21)16-8-7-15(26)10-17(16)20(23-18)13-3-5-14(22)6-4-13/h3-8,10,18,26H,9H2,1-2H3/t18-/m0/s1. The van der Waals surface area contributed by atoms with Crippen molar-refractivity contribution in [1.82, 2.24) is 5.16 Å². The van der Waals surface area contributed by atoms with Gasteiger partial charge in [0.25, 0.3) is 0 Å². The van der Waals surface area contributed by atoms with Gasteiger partial charge >= 0.3 is 0 Å². The number of rotatable bonds is 3. The van der Waals surface area contributed by atoms with Gasteiger partial charge in [-0.05, 0) is 49.7 Å². The molecule has 0 unspecified atom stereocenters. The van der Waals surface area contributed by atoms with Gasteiger partial charge in [0.15, 0.2) is 5.76 Å². The van der Waals surface area contributed by atoms with Crippen molar-refractivity contribution in [2.45, 2.75) is 26.3 Å². The van der Waals surface area contributed by atoms with Crippen LogP contribution >= 0.6 is 11.6 Å². The Balaban J connectivity index is 2.02. The number of aryl methyl sites for hydroxylation is 1. The van der Waals surface area contributed by atoms with Crippen molar-refractivity contribution in [2.75, 3.05) is 0 Å². The van der Waals surface area contributed by atoms with Crippen LogP contribution in [0.15, 0.2) is 52.0 Å². The SMILES string of the molecule is CC(=O)C[C@@H]1N=C(c2ccc(Cl)cc2)c2cc(O)ccc2-c2c(C)noc21. The molecule has 0 saturated carbocycles. The first-order valence-corrected chi connectivity index (χ1v) is 8.95. The molecule has 5 nitrogen and oxygen atoms in total. The molecule has 0 bridgehead atoms. The fraction of sp³-hybridized carbons (Fsp3) is 0.190. The largest absolute Gasteiger partial charge is 0.508 e. The number of halogens is 1. The van der Waals surface area contributed by atoms with Crippen LogP contribution in [0.5, 0.6) is 5.75 Å². The Hall–Kier alpha value is -2.92. The van der Waals surface area contributed by atoms with Crippen LogP contribution in [-0.2, 0) is 4.79 Å². The lowest BCUT2D eigenvalue weighted by Crippen LogP contribution is -2.07. The highest BCUT2D eigenvalue weighted by molar-refractivity contribution is 6.30. The van der Waals surface area contributed by atoms with E-state index in [0.717, 1.165) is 27.9 Å². The lowest BCUT2D eigenvalue weighted by atomic mass is 9.92. The molecule has 136 valence electrons. The van der Waals surface area contributed by atoms with Gasteiger partial charge in [0.05, 0.1) is 17.0 Å². The molecule has 0 fully saturated rings. The van der Waals surface area contributed by atoms with Crippen LogP contribution in [0.4, 0.5) is 0 Å². The van der Waals surface area contributed by atoms with E-state index in [9.17, 15) is 9.90 Å². The first-order valence-electron chi connectivity index (χ1n) is 8.57. The number of nitrogens with zero attached hydrogens (tertiary/aromatic N) is 2. The molecule has 1 atom stereocenters. The highest BCUT2D eigenvalue weighted by Gasteiger charge is 2.31. The quantitative estimate of drug-likeness (QED) is 0.702. The zero-order chi connectivity index (χ0) is 19.1. The number of hydrogen-bond acceptors (Lipinski definition) is 5. The smallest absolute Gasteiger partial charge is 0.169 e. The number of phenols is 1. The van der Waals surface area contributed by atoms with Crippen LogP contribution in [0.25, 0.3) is 11.1 Å². The molecule has 0 amide bonds. The minimum atomic E-state index is -0.487. The maximum atomic E-state index is 11.9. The number of hydrogen-bond donors (Lipinski definition) is 1. The molecular formula is C21H17ClN2O3. The zero-order valence-electron chi connectivity index (χ0n) is 14.9. The summed E-state index contributed by atoms with van der Waals surface area (Å²) >= 11 is 6.03. The number of aromatic hydroxyl groups is 1. The van der Waals surface area contributed by atoms with Gasteiger partial charge in [-0.3, -0.25) is 9.79 Å². The van der Waals surface area contributed by atoms with E-state index >= 15 is 0 Å². The van der Waals surface area contributed by atoms with E-state index in [-0.39, 0.29) is 18.0 Å². The molecule has 0 radical (unpaired) electrons. The molecule has 1 aromatic heterocycles. The third kappa shape index (κ3) is 3.15. The van der Waals surface area contributed by atoms with Crippen molar-refractivity contribution in [3.05, 3.63) is 70.1 Å². The third-order valence-corrected chi connectivity index (χ3v) is 4.85. The highest BCUT2D eigenvalue weighted by Crippen LogP contribution is 2.41. The Morgan fingerprint density at radius 3 is 2.63 bits per heavy atom. The van der Waals surface area contributed by atoms with Gasteiger partial charge in [-0.15, -0.1) is 0 Å². The molecule has 2 heterocycles. The molecule has 0 spiro atoms. The van der Waals surface area contributed by atoms with E-state index in [0.29, 0.717) is 16.5 Å². The molecule has 3 aromatic rings. The van der Waals surface area contributed by atoms with Crippen molar-refractivity contribution in [1.29, 1.82) is 0 Å². The van der Waals surface area contributed by atoms with Crippen LogP contribution < -0.4 is 0 Å². The molecule has 27 heavy (non-hydrogen) atoms. The molecule has 4 rings (SSSR count). The molecule has 6 heteroatoms. The van der Waals surface area contributed by atoms with Crippen molar-refractivity contribution in [3.63, 3.8) is 0 Å². The maximum Gasteiger partial charge on any atom is 0.169 e. The summed E-state index contributed by atoms with van der Waals surface area (Å²) in [5, 5.41) is 14.8. The predicted molar refractivity (Wildman–Crippen MR) is 103 cm³/mol. The van der Waals surface area contributed by atoms with E-state index in [1.54, 1.807) is 24.3 Å². The second-order valence-electron chi connectivity index (χ2n) is 6.64. The minimum Gasteiger partial charge on any atom is -0.508 e. The fourth-order valence-corrected chi connectivity index (χ4v) is 3.55. The van der Waals surface area contributed by atoms with E-state index < -0.39 is 6.04 Å². The molecule has 1 aliphatic heterocycles. The lowest BCUT2D eigenvalue weighted by Gasteiger charge is -2.12. The summed E-state index contributed by atoms with van der Waals surface area (Å²) in [5.74, 6) is 0.711. The van der Waals surface area contributed by atoms with Crippen molar-refractivity contribution >= 4 is 23.1 Å². The van der Waals surface area contributed by atoms with Gasteiger partial charge < -0.3 is 9.63 Å². The van der Waals surface area contributed by atoms with Gasteiger partial charge in [-0.25, -0.2) is 0 Å². The predicted octanol–water partition coefficient (Wildman–Crippen LogP) is 4.88. The Labute approximate surface area is 161 Å². The normalized spacial score (nSPS) is 15.5. The fourth-order valence-electron chi connectivity index (χ4n) is 3.42. The zero-order valence-corrected chi connectivity index (χ0v) is 15.6. The summed E-state index contributed by atoms with van der Waals surface area (Å²) in [6, 6.07) is 12.0. The van der Waals surface area contributed by atoms with Crippen LogP contribution in [0, 0.1) is 6.92 Å². The summed E-state index contributed by atoms with van der Waals surface area (Å²) in [7, 11) is 0. The number of carbonyl (C=O) groups excluding carboxylic acids is 1. The topological polar surface area (TPSA) is 75.7 Å². The Morgan fingerprint density at radius 2 is 1.93 bits per heavy atom. The lowest BCUT2D eigenvalue weighted by molar-refractivity contribution is -0.117. The van der Waals surface area contributed by atoms with Crippen LogP contribution in [0.1, 0.15) is 42.0 Å². The number of aromatic nitrogens is 1. The second kappa shape index (κ2) is 6.67. The number of fused-ring (bicyclic) bond motifs is 3. The Morgan fingerprint density at radius 1 is 1.19 bits per heavy atom. The summed E-state index contributed by atoms with van der Waals surface area (Å²) in [6.07, 6.45) is 0.207. The van der Waals surface area contributed by atoms with Crippen LogP contribution in [0.3, 0.4) is 0 Å². The summed E-state index contributed by atoms with van der Waals surface area (Å²) in [4.78, 5) is 16.7. The van der Waals surface area contributed by atoms with Gasteiger partial charge in [0.1, 0.15) is 17.6 Å². The number of Topliss-reactive ketones (excluding diaryl/α,β-unsaturated/α-hetero) is 1. The summed E-state index contributed by atoms with van der Waals surface area (Å²) < 4.78 is 5.58. The Bertz CT molecular complexity index is 1070. The van der Waals surface area contributed by atoms with Gasteiger partial charge in [-0.2, -0.15) is 0 Å². The molecule has 2 aromatic carbocycles. The molecule has 0 aliphatic carbocycles. The van der Waals surface area contributed by atoms with E-state index in [1.807, 2.05) is 25.1 Å². The third-order valence-electron chi connectivity index (χ3n) is 4.60. The highest BCUT2D eigenvalue weighted by atomic mass is 35.5. The van der Waals surface area contributed by atoms with Crippen molar-refractivity contribution in [2.24, 2.45) is 4.99 Å².